The molecule has 0 saturated carbocycles. The molecule has 6 heteroatoms. The van der Waals surface area contributed by atoms with Gasteiger partial charge in [0.25, 0.3) is 0 Å². The van der Waals surface area contributed by atoms with Crippen LogP contribution in [0.15, 0.2) is 42.5 Å². The molecule has 2 atom stereocenters. The number of nitrogens with zero attached hydrogens (tertiary/aromatic N) is 1. The summed E-state index contributed by atoms with van der Waals surface area (Å²) >= 11 is 0. The molecule has 2 aromatic rings. The van der Waals surface area contributed by atoms with Crippen LogP contribution in [0.1, 0.15) is 24.8 Å². The van der Waals surface area contributed by atoms with E-state index in [2.05, 4.69) is 11.8 Å². The van der Waals surface area contributed by atoms with Gasteiger partial charge in [0.2, 0.25) is 6.79 Å². The average molecular weight is 387 g/mol. The minimum absolute atomic E-state index is 0.00387. The van der Waals surface area contributed by atoms with Gasteiger partial charge in [-0.05, 0) is 55.3 Å². The van der Waals surface area contributed by atoms with Crippen molar-refractivity contribution >= 4 is 0 Å². The lowest BCUT2D eigenvalue weighted by Crippen LogP contribution is -2.52. The Morgan fingerprint density at radius 3 is 2.71 bits per heavy atom. The molecule has 0 unspecified atom stereocenters. The minimum atomic E-state index is -0.470. The topological polar surface area (TPSA) is 51.2 Å². The molecular weight excluding hydrogens is 361 g/mol. The molecule has 2 aromatic carbocycles. The average Bonchev–Trinajstić information content (AvgIpc) is 3.20. The molecule has 4 rings (SSSR count). The largest absolute Gasteiger partial charge is 0.493 e. The van der Waals surface area contributed by atoms with E-state index in [-0.39, 0.29) is 25.1 Å². The second kappa shape index (κ2) is 7.97. The van der Waals surface area contributed by atoms with Crippen molar-refractivity contribution < 1.29 is 23.7 Å². The lowest BCUT2D eigenvalue weighted by atomic mass is 9.68. The van der Waals surface area contributed by atoms with Gasteiger partial charge in [-0.25, -0.2) is 4.39 Å². The highest BCUT2D eigenvalue weighted by molar-refractivity contribution is 5.46. The van der Waals surface area contributed by atoms with E-state index in [9.17, 15) is 9.50 Å². The molecule has 0 aliphatic carbocycles. The molecule has 1 N–H and O–H groups in total. The Hall–Kier alpha value is -2.31. The first-order valence-electron chi connectivity index (χ1n) is 9.75. The number of aliphatic hydroxyl groups is 1. The predicted octanol–water partition coefficient (Wildman–Crippen LogP) is 3.42. The molecule has 0 radical (unpaired) electrons. The lowest BCUT2D eigenvalue weighted by molar-refractivity contribution is -0.0195. The van der Waals surface area contributed by atoms with Crippen LogP contribution in [0, 0.1) is 11.2 Å². The first-order valence-corrected chi connectivity index (χ1v) is 9.75. The maximum absolute atomic E-state index is 13.4. The van der Waals surface area contributed by atoms with Crippen molar-refractivity contribution in [1.82, 2.24) is 4.90 Å². The third-order valence-electron chi connectivity index (χ3n) is 5.92. The van der Waals surface area contributed by atoms with E-state index in [0.29, 0.717) is 23.9 Å². The Bertz CT molecular complexity index is 813. The van der Waals surface area contributed by atoms with E-state index >= 15 is 0 Å². The fraction of sp³-hybridized carbons (Fsp3) is 0.455. The van der Waals surface area contributed by atoms with Crippen molar-refractivity contribution in [2.45, 2.75) is 19.3 Å². The highest BCUT2D eigenvalue weighted by atomic mass is 19.1. The number of ether oxygens (including phenoxy) is 3. The Morgan fingerprint density at radius 1 is 1.18 bits per heavy atom. The van der Waals surface area contributed by atoms with Gasteiger partial charge < -0.3 is 24.2 Å². The molecule has 1 fully saturated rings. The standard InChI is InChI=1S/C22H26FNO4/c1-2-24-10-9-19(16-3-5-17(23)6-4-16)22(12-24,13-25)14-26-18-7-8-20-21(11-18)28-15-27-20/h3-8,11,19,25H,2,9-10,12-15H2,1H3/t19-,22+/m1/s1. The van der Waals surface area contributed by atoms with Gasteiger partial charge in [-0.15, -0.1) is 0 Å². The van der Waals surface area contributed by atoms with Crippen molar-refractivity contribution in [3.05, 3.63) is 53.8 Å². The van der Waals surface area contributed by atoms with Crippen molar-refractivity contribution in [2.24, 2.45) is 5.41 Å². The van der Waals surface area contributed by atoms with E-state index in [1.807, 2.05) is 30.3 Å². The number of aliphatic hydroxyl groups excluding tert-OH is 1. The minimum Gasteiger partial charge on any atom is -0.493 e. The Labute approximate surface area is 164 Å². The summed E-state index contributed by atoms with van der Waals surface area (Å²) in [5.74, 6) is 1.91. The van der Waals surface area contributed by atoms with Crippen molar-refractivity contribution in [3.63, 3.8) is 0 Å². The molecule has 2 aliphatic rings. The van der Waals surface area contributed by atoms with Gasteiger partial charge >= 0.3 is 0 Å². The van der Waals surface area contributed by atoms with Crippen LogP contribution in [0.2, 0.25) is 0 Å². The van der Waals surface area contributed by atoms with Crippen molar-refractivity contribution in [3.8, 4) is 17.2 Å². The fourth-order valence-corrected chi connectivity index (χ4v) is 4.28. The van der Waals surface area contributed by atoms with Crippen LogP contribution in [0.5, 0.6) is 17.2 Å². The van der Waals surface area contributed by atoms with Gasteiger partial charge in [-0.3, -0.25) is 0 Å². The molecule has 1 saturated heterocycles. The quantitative estimate of drug-likeness (QED) is 0.823. The summed E-state index contributed by atoms with van der Waals surface area (Å²) in [5.41, 5.74) is 0.572. The molecule has 0 aromatic heterocycles. The van der Waals surface area contributed by atoms with Gasteiger partial charge in [-0.1, -0.05) is 19.1 Å². The zero-order valence-electron chi connectivity index (χ0n) is 16.1. The second-order valence-electron chi connectivity index (χ2n) is 7.59. The summed E-state index contributed by atoms with van der Waals surface area (Å²) in [6.07, 6.45) is 0.893. The molecule has 0 amide bonds. The van der Waals surface area contributed by atoms with Crippen LogP contribution in [0.3, 0.4) is 0 Å². The van der Waals surface area contributed by atoms with E-state index in [0.717, 1.165) is 31.6 Å². The number of fused-ring (bicyclic) bond motifs is 1. The molecule has 2 aliphatic heterocycles. The number of rotatable bonds is 6. The third-order valence-corrected chi connectivity index (χ3v) is 5.92. The van der Waals surface area contributed by atoms with Gasteiger partial charge in [-0.2, -0.15) is 0 Å². The molecule has 150 valence electrons. The summed E-state index contributed by atoms with van der Waals surface area (Å²) in [6, 6.07) is 12.1. The van der Waals surface area contributed by atoms with Crippen LogP contribution in [0.4, 0.5) is 4.39 Å². The number of likely N-dealkylation sites (tertiary alicyclic amines) is 1. The zero-order valence-corrected chi connectivity index (χ0v) is 16.1. The number of benzene rings is 2. The first kappa shape index (κ1) is 19.0. The Kier molecular flexibility index (Phi) is 5.42. The van der Waals surface area contributed by atoms with E-state index in [4.69, 9.17) is 14.2 Å². The second-order valence-corrected chi connectivity index (χ2v) is 7.59. The Morgan fingerprint density at radius 2 is 1.96 bits per heavy atom. The van der Waals surface area contributed by atoms with Crippen molar-refractivity contribution in [1.29, 1.82) is 0 Å². The molecule has 2 heterocycles. The zero-order chi connectivity index (χ0) is 19.6. The summed E-state index contributed by atoms with van der Waals surface area (Å²) in [7, 11) is 0. The predicted molar refractivity (Wildman–Crippen MR) is 103 cm³/mol. The number of piperidine rings is 1. The highest BCUT2D eigenvalue weighted by Crippen LogP contribution is 2.43. The van der Waals surface area contributed by atoms with Gasteiger partial charge in [0.15, 0.2) is 11.5 Å². The van der Waals surface area contributed by atoms with Gasteiger partial charge in [0.1, 0.15) is 11.6 Å². The lowest BCUT2D eigenvalue weighted by Gasteiger charge is -2.47. The molecule has 0 bridgehead atoms. The van der Waals surface area contributed by atoms with Crippen LogP contribution >= 0.6 is 0 Å². The van der Waals surface area contributed by atoms with Gasteiger partial charge in [0, 0.05) is 18.0 Å². The number of hydrogen-bond donors (Lipinski definition) is 1. The van der Waals surface area contributed by atoms with E-state index in [1.54, 1.807) is 0 Å². The van der Waals surface area contributed by atoms with E-state index in [1.165, 1.54) is 12.1 Å². The van der Waals surface area contributed by atoms with Crippen LogP contribution < -0.4 is 14.2 Å². The molecular formula is C22H26FNO4. The van der Waals surface area contributed by atoms with Crippen LogP contribution in [-0.2, 0) is 0 Å². The monoisotopic (exact) mass is 387 g/mol. The van der Waals surface area contributed by atoms with Gasteiger partial charge in [0.05, 0.1) is 13.2 Å². The highest BCUT2D eigenvalue weighted by Gasteiger charge is 2.44. The normalized spacial score (nSPS) is 24.3. The maximum Gasteiger partial charge on any atom is 0.231 e. The molecule has 28 heavy (non-hydrogen) atoms. The van der Waals surface area contributed by atoms with E-state index < -0.39 is 5.41 Å². The fourth-order valence-electron chi connectivity index (χ4n) is 4.28. The molecule has 0 spiro atoms. The summed E-state index contributed by atoms with van der Waals surface area (Å²) < 4.78 is 30.3. The van der Waals surface area contributed by atoms with Crippen molar-refractivity contribution in [2.75, 3.05) is 39.6 Å². The number of hydrogen-bond acceptors (Lipinski definition) is 5. The summed E-state index contributed by atoms with van der Waals surface area (Å²) in [4.78, 5) is 2.33. The Balaban J connectivity index is 1.58. The molecule has 5 nitrogen and oxygen atoms in total. The summed E-state index contributed by atoms with van der Waals surface area (Å²) in [6.45, 7) is 5.30. The van der Waals surface area contributed by atoms with Crippen LogP contribution in [0.25, 0.3) is 0 Å². The first-order chi connectivity index (χ1) is 13.6. The maximum atomic E-state index is 13.4. The summed E-state index contributed by atoms with van der Waals surface area (Å²) in [5, 5.41) is 10.4. The third kappa shape index (κ3) is 3.66. The van der Waals surface area contributed by atoms with Crippen LogP contribution in [-0.4, -0.2) is 49.6 Å². The smallest absolute Gasteiger partial charge is 0.231 e. The SMILES string of the molecule is CCN1CC[C@H](c2ccc(F)cc2)[C@@](CO)(COc2ccc3c(c2)OCO3)C1. The number of halogens is 1.